The maximum Gasteiger partial charge on any atom is 0.236 e. The molecule has 0 aliphatic rings. The van der Waals surface area contributed by atoms with E-state index in [1.165, 1.54) is 5.56 Å². The molecule has 0 aliphatic heterocycles. The molecule has 0 spiro atoms. The zero-order valence-electron chi connectivity index (χ0n) is 12.5. The van der Waals surface area contributed by atoms with Gasteiger partial charge < -0.3 is 15.5 Å². The van der Waals surface area contributed by atoms with E-state index in [1.807, 2.05) is 26.0 Å². The summed E-state index contributed by atoms with van der Waals surface area (Å²) in [5.74, 6) is 1.30. The van der Waals surface area contributed by atoms with Crippen LogP contribution in [-0.4, -0.2) is 36.1 Å². The molecular weight excluding hydrogens is 252 g/mol. The molecule has 6 nitrogen and oxygen atoms in total. The number of nitrogen functional groups attached to an aromatic ring is 1. The Balaban J connectivity index is 2.44. The van der Waals surface area contributed by atoms with Crippen molar-refractivity contribution < 1.29 is 0 Å². The summed E-state index contributed by atoms with van der Waals surface area (Å²) >= 11 is 0. The third-order valence-corrected chi connectivity index (χ3v) is 3.04. The molecule has 0 amide bonds. The van der Waals surface area contributed by atoms with Crippen molar-refractivity contribution in [2.45, 2.75) is 13.8 Å². The van der Waals surface area contributed by atoms with Crippen LogP contribution in [0.15, 0.2) is 18.2 Å². The SMILES string of the molecule is Cc1ccc(N(C)c2nc(N)nc(N(C)C)n2)c(C)c1. The summed E-state index contributed by atoms with van der Waals surface area (Å²) in [5, 5.41) is 0. The highest BCUT2D eigenvalue weighted by Gasteiger charge is 2.13. The number of hydrogen-bond donors (Lipinski definition) is 1. The molecule has 1 aromatic heterocycles. The third kappa shape index (κ3) is 2.79. The fourth-order valence-electron chi connectivity index (χ4n) is 2.01. The van der Waals surface area contributed by atoms with Gasteiger partial charge >= 0.3 is 0 Å². The van der Waals surface area contributed by atoms with Crippen LogP contribution in [-0.2, 0) is 0 Å². The van der Waals surface area contributed by atoms with Crippen LogP contribution in [0.2, 0.25) is 0 Å². The number of anilines is 4. The smallest absolute Gasteiger partial charge is 0.236 e. The lowest BCUT2D eigenvalue weighted by molar-refractivity contribution is 0.937. The van der Waals surface area contributed by atoms with Crippen LogP contribution < -0.4 is 15.5 Å². The van der Waals surface area contributed by atoms with Crippen molar-refractivity contribution in [1.82, 2.24) is 15.0 Å². The highest BCUT2D eigenvalue weighted by molar-refractivity contribution is 5.62. The average molecular weight is 272 g/mol. The molecule has 2 rings (SSSR count). The van der Waals surface area contributed by atoms with E-state index in [0.717, 1.165) is 11.3 Å². The van der Waals surface area contributed by atoms with Crippen molar-refractivity contribution in [3.63, 3.8) is 0 Å². The lowest BCUT2D eigenvalue weighted by atomic mass is 10.1. The van der Waals surface area contributed by atoms with E-state index in [2.05, 4.69) is 47.0 Å². The Morgan fingerprint density at radius 3 is 2.20 bits per heavy atom. The normalized spacial score (nSPS) is 10.4. The molecule has 20 heavy (non-hydrogen) atoms. The van der Waals surface area contributed by atoms with Gasteiger partial charge in [0.2, 0.25) is 17.8 Å². The van der Waals surface area contributed by atoms with Crippen LogP contribution in [0.1, 0.15) is 11.1 Å². The first-order chi connectivity index (χ1) is 9.38. The molecule has 0 atom stereocenters. The quantitative estimate of drug-likeness (QED) is 0.920. The van der Waals surface area contributed by atoms with Crippen LogP contribution in [0.4, 0.5) is 23.5 Å². The van der Waals surface area contributed by atoms with Gasteiger partial charge in [-0.3, -0.25) is 0 Å². The number of nitrogens with zero attached hydrogens (tertiary/aromatic N) is 5. The largest absolute Gasteiger partial charge is 0.368 e. The average Bonchev–Trinajstić information content (AvgIpc) is 2.37. The third-order valence-electron chi connectivity index (χ3n) is 3.04. The van der Waals surface area contributed by atoms with Crippen LogP contribution in [0.25, 0.3) is 0 Å². The zero-order valence-corrected chi connectivity index (χ0v) is 12.5. The van der Waals surface area contributed by atoms with Crippen molar-refractivity contribution in [3.05, 3.63) is 29.3 Å². The highest BCUT2D eigenvalue weighted by atomic mass is 15.3. The van der Waals surface area contributed by atoms with Gasteiger partial charge in [-0.2, -0.15) is 15.0 Å². The first-order valence-corrected chi connectivity index (χ1v) is 6.38. The molecule has 2 aromatic rings. The van der Waals surface area contributed by atoms with Crippen molar-refractivity contribution >= 4 is 23.5 Å². The minimum Gasteiger partial charge on any atom is -0.368 e. The van der Waals surface area contributed by atoms with Gasteiger partial charge in [-0.15, -0.1) is 0 Å². The number of aryl methyl sites for hydroxylation is 2. The number of aromatic nitrogens is 3. The summed E-state index contributed by atoms with van der Waals surface area (Å²) in [5.41, 5.74) is 9.20. The maximum atomic E-state index is 5.76. The molecular formula is C14H20N6. The Bertz CT molecular complexity index is 623. The Morgan fingerprint density at radius 1 is 0.950 bits per heavy atom. The van der Waals surface area contributed by atoms with Gasteiger partial charge in [-0.25, -0.2) is 0 Å². The van der Waals surface area contributed by atoms with Gasteiger partial charge in [0.1, 0.15) is 0 Å². The first-order valence-electron chi connectivity index (χ1n) is 6.38. The van der Waals surface area contributed by atoms with Crippen LogP contribution in [0.3, 0.4) is 0 Å². The van der Waals surface area contributed by atoms with E-state index in [4.69, 9.17) is 5.73 Å². The number of rotatable bonds is 3. The van der Waals surface area contributed by atoms with E-state index < -0.39 is 0 Å². The molecule has 0 saturated carbocycles. The summed E-state index contributed by atoms with van der Waals surface area (Å²) < 4.78 is 0. The molecule has 6 heteroatoms. The lowest BCUT2D eigenvalue weighted by Crippen LogP contribution is -2.20. The van der Waals surface area contributed by atoms with Crippen LogP contribution >= 0.6 is 0 Å². The molecule has 2 N–H and O–H groups in total. The summed E-state index contributed by atoms with van der Waals surface area (Å²) in [7, 11) is 5.66. The molecule has 0 fully saturated rings. The Morgan fingerprint density at radius 2 is 1.60 bits per heavy atom. The van der Waals surface area contributed by atoms with Crippen molar-refractivity contribution in [2.24, 2.45) is 0 Å². The fourth-order valence-corrected chi connectivity index (χ4v) is 2.01. The standard InChI is InChI=1S/C14H20N6/c1-9-6-7-11(10(2)8-9)20(5)14-17-12(15)16-13(18-14)19(3)4/h6-8H,1-5H3,(H2,15,16,17,18). The van der Waals surface area contributed by atoms with E-state index in [9.17, 15) is 0 Å². The van der Waals surface area contributed by atoms with Crippen LogP contribution in [0, 0.1) is 13.8 Å². The monoisotopic (exact) mass is 272 g/mol. The number of hydrogen-bond acceptors (Lipinski definition) is 6. The predicted molar refractivity (Wildman–Crippen MR) is 82.5 cm³/mol. The zero-order chi connectivity index (χ0) is 14.9. The minimum atomic E-state index is 0.218. The predicted octanol–water partition coefficient (Wildman–Crippen LogP) is 1.90. The number of nitrogens with two attached hydrogens (primary N) is 1. The molecule has 0 bridgehead atoms. The van der Waals surface area contributed by atoms with E-state index in [-0.39, 0.29) is 5.95 Å². The van der Waals surface area contributed by atoms with Crippen molar-refractivity contribution in [2.75, 3.05) is 36.7 Å². The Labute approximate surface area is 119 Å². The molecule has 0 radical (unpaired) electrons. The van der Waals surface area contributed by atoms with E-state index >= 15 is 0 Å². The second kappa shape index (κ2) is 5.32. The molecule has 0 aliphatic carbocycles. The minimum absolute atomic E-state index is 0.218. The lowest BCUT2D eigenvalue weighted by Gasteiger charge is -2.21. The van der Waals surface area contributed by atoms with Gasteiger partial charge in [0, 0.05) is 26.8 Å². The molecule has 106 valence electrons. The van der Waals surface area contributed by atoms with Crippen molar-refractivity contribution in [3.8, 4) is 0 Å². The topological polar surface area (TPSA) is 71.2 Å². The molecule has 1 heterocycles. The molecule has 1 aromatic carbocycles. The second-order valence-corrected chi connectivity index (χ2v) is 5.04. The summed E-state index contributed by atoms with van der Waals surface area (Å²) in [4.78, 5) is 16.5. The fraction of sp³-hybridized carbons (Fsp3) is 0.357. The van der Waals surface area contributed by atoms with E-state index in [0.29, 0.717) is 11.9 Å². The molecule has 0 saturated heterocycles. The van der Waals surface area contributed by atoms with Gasteiger partial charge in [-0.1, -0.05) is 17.7 Å². The van der Waals surface area contributed by atoms with Crippen LogP contribution in [0.5, 0.6) is 0 Å². The Hall–Kier alpha value is -2.37. The second-order valence-electron chi connectivity index (χ2n) is 5.04. The Kier molecular flexibility index (Phi) is 3.74. The van der Waals surface area contributed by atoms with E-state index in [1.54, 1.807) is 4.90 Å². The first kappa shape index (κ1) is 14.0. The summed E-state index contributed by atoms with van der Waals surface area (Å²) in [6.45, 7) is 4.14. The maximum absolute atomic E-state index is 5.76. The summed E-state index contributed by atoms with van der Waals surface area (Å²) in [6, 6.07) is 6.25. The summed E-state index contributed by atoms with van der Waals surface area (Å²) in [6.07, 6.45) is 0. The highest BCUT2D eigenvalue weighted by Crippen LogP contribution is 2.26. The van der Waals surface area contributed by atoms with Gasteiger partial charge in [0.15, 0.2) is 0 Å². The van der Waals surface area contributed by atoms with Gasteiger partial charge in [-0.05, 0) is 25.5 Å². The van der Waals surface area contributed by atoms with Gasteiger partial charge in [0.25, 0.3) is 0 Å². The van der Waals surface area contributed by atoms with Crippen molar-refractivity contribution in [1.29, 1.82) is 0 Å². The van der Waals surface area contributed by atoms with Gasteiger partial charge in [0.05, 0.1) is 0 Å². The number of benzene rings is 1. The molecule has 0 unspecified atom stereocenters.